The number of ether oxygens (including phenoxy) is 1. The number of hydrogen-bond donors (Lipinski definition) is 1. The lowest BCUT2D eigenvalue weighted by atomic mass is 9.90. The third-order valence-corrected chi connectivity index (χ3v) is 3.61. The van der Waals surface area contributed by atoms with Crippen LogP contribution in [0.1, 0.15) is 39.5 Å². The van der Waals surface area contributed by atoms with Crippen molar-refractivity contribution in [1.29, 1.82) is 0 Å². The molecule has 3 heteroatoms. The Balaban J connectivity index is 1.95. The van der Waals surface area contributed by atoms with Gasteiger partial charge in [-0.3, -0.25) is 4.90 Å². The van der Waals surface area contributed by atoms with Crippen molar-refractivity contribution in [2.75, 3.05) is 13.1 Å². The molecule has 0 amide bonds. The number of hydrogen-bond acceptors (Lipinski definition) is 3. The summed E-state index contributed by atoms with van der Waals surface area (Å²) < 4.78 is 5.72. The Labute approximate surface area is 92.4 Å². The summed E-state index contributed by atoms with van der Waals surface area (Å²) in [6.45, 7) is 6.20. The topological polar surface area (TPSA) is 32.7 Å². The maximum atomic E-state index is 10.0. The summed E-state index contributed by atoms with van der Waals surface area (Å²) in [6, 6.07) is 0.382. The van der Waals surface area contributed by atoms with Crippen molar-refractivity contribution in [3.8, 4) is 0 Å². The molecule has 0 radical (unpaired) electrons. The van der Waals surface area contributed by atoms with E-state index in [0.717, 1.165) is 25.9 Å². The van der Waals surface area contributed by atoms with Crippen LogP contribution in [0.4, 0.5) is 0 Å². The van der Waals surface area contributed by atoms with Gasteiger partial charge in [-0.2, -0.15) is 0 Å². The maximum Gasteiger partial charge on any atom is 0.0695 e. The van der Waals surface area contributed by atoms with Crippen LogP contribution in [0, 0.1) is 0 Å². The van der Waals surface area contributed by atoms with Crippen molar-refractivity contribution < 1.29 is 9.84 Å². The first-order chi connectivity index (χ1) is 7.16. The molecule has 0 bridgehead atoms. The second-order valence-electron chi connectivity index (χ2n) is 5.13. The van der Waals surface area contributed by atoms with Gasteiger partial charge in [0.1, 0.15) is 0 Å². The molecular formula is C12H23NO2. The van der Waals surface area contributed by atoms with Crippen molar-refractivity contribution in [3.05, 3.63) is 0 Å². The third kappa shape index (κ3) is 2.71. The van der Waals surface area contributed by atoms with E-state index in [-0.39, 0.29) is 6.10 Å². The van der Waals surface area contributed by atoms with E-state index < -0.39 is 0 Å². The van der Waals surface area contributed by atoms with Gasteiger partial charge in [0.05, 0.1) is 18.3 Å². The molecular weight excluding hydrogens is 190 g/mol. The molecule has 1 heterocycles. The van der Waals surface area contributed by atoms with Crippen molar-refractivity contribution in [3.63, 3.8) is 0 Å². The minimum atomic E-state index is -0.115. The molecule has 1 aliphatic heterocycles. The van der Waals surface area contributed by atoms with Crippen LogP contribution in [-0.4, -0.2) is 47.4 Å². The van der Waals surface area contributed by atoms with Gasteiger partial charge in [0.15, 0.2) is 0 Å². The van der Waals surface area contributed by atoms with Gasteiger partial charge in [-0.15, -0.1) is 0 Å². The normalized spacial score (nSPS) is 44.2. The summed E-state index contributed by atoms with van der Waals surface area (Å²) in [7, 11) is 0. The molecule has 2 rings (SSSR count). The van der Waals surface area contributed by atoms with Crippen LogP contribution in [0.3, 0.4) is 0 Å². The maximum absolute atomic E-state index is 10.0. The number of morpholine rings is 1. The van der Waals surface area contributed by atoms with E-state index in [9.17, 15) is 5.11 Å². The SMILES string of the molecule is C[C@@H]1CN([C@H]2CCCC[C@@H]2O)C[C@H](C)O1. The molecule has 88 valence electrons. The Kier molecular flexibility index (Phi) is 3.65. The largest absolute Gasteiger partial charge is 0.391 e. The molecule has 15 heavy (non-hydrogen) atoms. The quantitative estimate of drug-likeness (QED) is 0.714. The van der Waals surface area contributed by atoms with Crippen molar-refractivity contribution in [2.45, 2.75) is 63.9 Å². The van der Waals surface area contributed by atoms with Crippen LogP contribution in [0.5, 0.6) is 0 Å². The Morgan fingerprint density at radius 1 is 1.07 bits per heavy atom. The summed E-state index contributed by atoms with van der Waals surface area (Å²) in [5, 5.41) is 10.0. The second-order valence-corrected chi connectivity index (χ2v) is 5.13. The van der Waals surface area contributed by atoms with Crippen molar-refractivity contribution >= 4 is 0 Å². The highest BCUT2D eigenvalue weighted by Crippen LogP contribution is 2.25. The molecule has 0 aromatic heterocycles. The zero-order valence-corrected chi connectivity index (χ0v) is 9.85. The molecule has 3 nitrogen and oxygen atoms in total. The predicted molar refractivity (Wildman–Crippen MR) is 59.8 cm³/mol. The predicted octanol–water partition coefficient (Wildman–Crippen LogP) is 1.40. The fourth-order valence-electron chi connectivity index (χ4n) is 3.01. The fraction of sp³-hybridized carbons (Fsp3) is 1.00. The highest BCUT2D eigenvalue weighted by Gasteiger charge is 2.33. The highest BCUT2D eigenvalue weighted by molar-refractivity contribution is 4.86. The van der Waals surface area contributed by atoms with Crippen LogP contribution in [0.25, 0.3) is 0 Å². The number of aliphatic hydroxyl groups is 1. The Hall–Kier alpha value is -0.120. The Morgan fingerprint density at radius 3 is 2.27 bits per heavy atom. The average Bonchev–Trinajstić information content (AvgIpc) is 2.16. The molecule has 2 fully saturated rings. The first kappa shape index (κ1) is 11.4. The van der Waals surface area contributed by atoms with E-state index in [1.165, 1.54) is 12.8 Å². The summed E-state index contributed by atoms with van der Waals surface area (Å²) in [5.74, 6) is 0. The molecule has 4 atom stereocenters. The van der Waals surface area contributed by atoms with Gasteiger partial charge in [-0.25, -0.2) is 0 Å². The highest BCUT2D eigenvalue weighted by atomic mass is 16.5. The minimum Gasteiger partial charge on any atom is -0.391 e. The number of nitrogens with zero attached hydrogens (tertiary/aromatic N) is 1. The lowest BCUT2D eigenvalue weighted by molar-refractivity contribution is -0.102. The molecule has 1 aliphatic carbocycles. The second kappa shape index (κ2) is 4.81. The van der Waals surface area contributed by atoms with E-state index in [4.69, 9.17) is 4.74 Å². The summed E-state index contributed by atoms with van der Waals surface area (Å²) >= 11 is 0. The summed E-state index contributed by atoms with van der Waals surface area (Å²) in [4.78, 5) is 2.43. The Bertz CT molecular complexity index is 200. The monoisotopic (exact) mass is 213 g/mol. The van der Waals surface area contributed by atoms with E-state index >= 15 is 0 Å². The van der Waals surface area contributed by atoms with Gasteiger partial charge in [-0.1, -0.05) is 12.8 Å². The zero-order chi connectivity index (χ0) is 10.8. The van der Waals surface area contributed by atoms with Crippen LogP contribution in [0.15, 0.2) is 0 Å². The first-order valence-electron chi connectivity index (χ1n) is 6.24. The molecule has 0 aromatic rings. The van der Waals surface area contributed by atoms with E-state index in [0.29, 0.717) is 18.2 Å². The smallest absolute Gasteiger partial charge is 0.0695 e. The minimum absolute atomic E-state index is 0.115. The Morgan fingerprint density at radius 2 is 1.67 bits per heavy atom. The van der Waals surface area contributed by atoms with Gasteiger partial charge >= 0.3 is 0 Å². The van der Waals surface area contributed by atoms with Gasteiger partial charge in [-0.05, 0) is 26.7 Å². The molecule has 1 saturated heterocycles. The molecule has 2 aliphatic rings. The van der Waals surface area contributed by atoms with Gasteiger partial charge in [0.2, 0.25) is 0 Å². The van der Waals surface area contributed by atoms with Gasteiger partial charge in [0, 0.05) is 19.1 Å². The van der Waals surface area contributed by atoms with Crippen LogP contribution in [-0.2, 0) is 4.74 Å². The number of rotatable bonds is 1. The molecule has 0 aromatic carbocycles. The van der Waals surface area contributed by atoms with E-state index in [2.05, 4.69) is 18.7 Å². The summed E-state index contributed by atoms with van der Waals surface area (Å²) in [6.07, 6.45) is 5.09. The lowest BCUT2D eigenvalue weighted by Crippen LogP contribution is -2.54. The van der Waals surface area contributed by atoms with E-state index in [1.54, 1.807) is 0 Å². The van der Waals surface area contributed by atoms with Crippen molar-refractivity contribution in [1.82, 2.24) is 4.90 Å². The average molecular weight is 213 g/mol. The van der Waals surface area contributed by atoms with E-state index in [1.807, 2.05) is 0 Å². The standard InChI is InChI=1S/C12H23NO2/c1-9-7-13(8-10(2)15-9)11-5-3-4-6-12(11)14/h9-12,14H,3-8H2,1-2H3/t9-,10+,11-,12-/m0/s1. The zero-order valence-electron chi connectivity index (χ0n) is 9.85. The van der Waals surface area contributed by atoms with Crippen molar-refractivity contribution in [2.24, 2.45) is 0 Å². The van der Waals surface area contributed by atoms with Crippen LogP contribution >= 0.6 is 0 Å². The van der Waals surface area contributed by atoms with Gasteiger partial charge in [0.25, 0.3) is 0 Å². The van der Waals surface area contributed by atoms with Crippen LogP contribution in [0.2, 0.25) is 0 Å². The summed E-state index contributed by atoms with van der Waals surface area (Å²) in [5.41, 5.74) is 0. The molecule has 1 N–H and O–H groups in total. The first-order valence-corrected chi connectivity index (χ1v) is 6.24. The molecule has 0 spiro atoms. The number of aliphatic hydroxyl groups excluding tert-OH is 1. The third-order valence-electron chi connectivity index (χ3n) is 3.61. The molecule has 0 unspecified atom stereocenters. The van der Waals surface area contributed by atoms with Gasteiger partial charge < -0.3 is 9.84 Å². The fourth-order valence-corrected chi connectivity index (χ4v) is 3.01. The van der Waals surface area contributed by atoms with Crippen LogP contribution < -0.4 is 0 Å². The lowest BCUT2D eigenvalue weighted by Gasteiger charge is -2.43. The molecule has 1 saturated carbocycles.